The third-order valence-corrected chi connectivity index (χ3v) is 10.1. The van der Waals surface area contributed by atoms with Crippen LogP contribution >= 0.6 is 0 Å². The predicted molar refractivity (Wildman–Crippen MR) is 179 cm³/mol. The lowest BCUT2D eigenvalue weighted by atomic mass is 9.52. The molecule has 0 aliphatic heterocycles. The number of aryl methyl sites for hydroxylation is 1. The monoisotopic (exact) mass is 727 g/mol. The number of Topliss-reactive ketones (excluding diaryl/α,β-unsaturated/α-hetero) is 4. The van der Waals surface area contributed by atoms with Crippen molar-refractivity contribution in [3.8, 4) is 5.75 Å². The number of aldehydes is 1. The van der Waals surface area contributed by atoms with Crippen LogP contribution in [0.3, 0.4) is 0 Å². The van der Waals surface area contributed by atoms with E-state index in [2.05, 4.69) is 5.32 Å². The molecule has 2 fully saturated rings. The number of phenols is 1. The summed E-state index contributed by atoms with van der Waals surface area (Å²) in [5, 5.41) is 26.5. The SMILES string of the molecule is Cc1oc(=O)oc1COC(=O)N(CC=O)CC(C)Nc1cc(N(C)C)c2c(c1O)C(=O)C1C(=O)[C@@]3(O)C(=O)C(C(N)=O)C(=O)[C@@H](N(C)C)C3CC1C2. The number of hydrogen-bond donors (Lipinski definition) is 4. The predicted octanol–water partition coefficient (Wildman–Crippen LogP) is -0.574. The Labute approximate surface area is 296 Å². The van der Waals surface area contributed by atoms with E-state index in [0.29, 0.717) is 17.5 Å². The van der Waals surface area contributed by atoms with Crippen LogP contribution in [0.15, 0.2) is 19.7 Å². The van der Waals surface area contributed by atoms with Crippen LogP contribution in [0.5, 0.6) is 5.75 Å². The van der Waals surface area contributed by atoms with Gasteiger partial charge in [-0.25, -0.2) is 9.59 Å². The van der Waals surface area contributed by atoms with Gasteiger partial charge in [0, 0.05) is 38.3 Å². The number of carbonyl (C=O) groups excluding carboxylic acids is 7. The molecule has 5 unspecified atom stereocenters. The largest absolute Gasteiger partial charge is 0.519 e. The van der Waals surface area contributed by atoms with Crippen molar-refractivity contribution in [2.24, 2.45) is 29.4 Å². The van der Waals surface area contributed by atoms with Crippen molar-refractivity contribution in [3.63, 3.8) is 0 Å². The van der Waals surface area contributed by atoms with Gasteiger partial charge in [-0.15, -0.1) is 0 Å². The summed E-state index contributed by atoms with van der Waals surface area (Å²) in [4.78, 5) is 107. The first-order valence-corrected chi connectivity index (χ1v) is 16.5. The molecule has 18 nitrogen and oxygen atoms in total. The van der Waals surface area contributed by atoms with Crippen LogP contribution in [0.1, 0.15) is 40.8 Å². The minimum Gasteiger partial charge on any atom is -0.505 e. The molecular formula is C34H41N5O13. The second-order valence-corrected chi connectivity index (χ2v) is 13.9. The van der Waals surface area contributed by atoms with E-state index < -0.39 is 94.7 Å². The number of nitrogens with one attached hydrogen (secondary N) is 1. The number of rotatable bonds is 11. The van der Waals surface area contributed by atoms with Crippen LogP contribution < -0.4 is 21.8 Å². The minimum absolute atomic E-state index is 0.0108. The topological polar surface area (TPSA) is 260 Å². The first-order valence-electron chi connectivity index (χ1n) is 16.5. The summed E-state index contributed by atoms with van der Waals surface area (Å²) in [6.45, 7) is 2.12. The Morgan fingerprint density at radius 3 is 2.37 bits per heavy atom. The zero-order chi connectivity index (χ0) is 38.6. The van der Waals surface area contributed by atoms with Crippen molar-refractivity contribution in [1.29, 1.82) is 0 Å². The number of anilines is 2. The van der Waals surface area contributed by atoms with Gasteiger partial charge in [-0.05, 0) is 58.3 Å². The standard InChI is InChI=1S/C34H41N5O13/c1-14(12-39(7-8-40)32(47)50-13-21-15(2)51-33(48)52-21)36-19-11-20(37(3)4)17-9-16-10-18-25(38(5)6)28(43)24(31(35)46)30(45)34(18,49)29(44)22(16)27(42)23(17)26(19)41/h8,11,14,16,18,22,24-25,36,41,49H,7,9-10,12-13H2,1-6H3,(H2,35,46)/t14?,16?,18?,22?,24?,25-,34+/m0/s1. The third-order valence-electron chi connectivity index (χ3n) is 10.1. The fourth-order valence-corrected chi connectivity index (χ4v) is 7.84. The summed E-state index contributed by atoms with van der Waals surface area (Å²) >= 11 is 0. The van der Waals surface area contributed by atoms with E-state index in [1.165, 1.54) is 25.9 Å². The molecule has 1 heterocycles. The Morgan fingerprint density at radius 2 is 1.81 bits per heavy atom. The van der Waals surface area contributed by atoms with E-state index in [9.17, 15) is 48.6 Å². The Hall–Kier alpha value is -5.36. The maximum absolute atomic E-state index is 14.3. The number of primary amides is 1. The fourth-order valence-electron chi connectivity index (χ4n) is 7.84. The highest BCUT2D eigenvalue weighted by atomic mass is 16.6. The van der Waals surface area contributed by atoms with E-state index in [-0.39, 0.29) is 48.7 Å². The van der Waals surface area contributed by atoms with E-state index >= 15 is 0 Å². The molecule has 3 aliphatic carbocycles. The van der Waals surface area contributed by atoms with E-state index in [0.717, 1.165) is 4.90 Å². The van der Waals surface area contributed by atoms with E-state index in [1.807, 2.05) is 0 Å². The van der Waals surface area contributed by atoms with Gasteiger partial charge in [0.25, 0.3) is 0 Å². The van der Waals surface area contributed by atoms with Crippen LogP contribution in [-0.2, 0) is 41.7 Å². The summed E-state index contributed by atoms with van der Waals surface area (Å²) in [7, 11) is 6.43. The Kier molecular flexibility index (Phi) is 10.2. The molecule has 280 valence electrons. The fraction of sp³-hybridized carbons (Fsp3) is 0.529. The first kappa shape index (κ1) is 37.9. The second-order valence-electron chi connectivity index (χ2n) is 13.9. The lowest BCUT2D eigenvalue weighted by molar-refractivity contribution is -0.181. The number of aliphatic hydroxyl groups is 1. The van der Waals surface area contributed by atoms with Gasteiger partial charge in [0.1, 0.15) is 12.0 Å². The van der Waals surface area contributed by atoms with Crippen molar-refractivity contribution in [3.05, 3.63) is 39.3 Å². The highest BCUT2D eigenvalue weighted by Gasteiger charge is 2.69. The molecule has 18 heteroatoms. The van der Waals surface area contributed by atoms with Crippen LogP contribution in [-0.4, -0.2) is 120 Å². The second kappa shape index (κ2) is 14.0. The molecule has 7 atom stereocenters. The first-order chi connectivity index (χ1) is 24.3. The van der Waals surface area contributed by atoms with Crippen molar-refractivity contribution >= 4 is 52.8 Å². The Balaban J connectivity index is 1.45. The summed E-state index contributed by atoms with van der Waals surface area (Å²) in [5.41, 5.74) is 3.26. The van der Waals surface area contributed by atoms with Crippen LogP contribution in [0.4, 0.5) is 16.2 Å². The number of likely N-dealkylation sites (N-methyl/N-ethyl adjacent to an activating group) is 1. The highest BCUT2D eigenvalue weighted by molar-refractivity contribution is 6.32. The van der Waals surface area contributed by atoms with E-state index in [1.54, 1.807) is 32.0 Å². The molecule has 3 aliphatic rings. The number of fused-ring (bicyclic) bond motifs is 3. The number of benzene rings is 1. The highest BCUT2D eigenvalue weighted by Crippen LogP contribution is 2.52. The van der Waals surface area contributed by atoms with Crippen molar-refractivity contribution in [2.45, 2.75) is 51.0 Å². The molecule has 52 heavy (non-hydrogen) atoms. The third kappa shape index (κ3) is 6.25. The molecule has 2 amide bonds. The lowest BCUT2D eigenvalue weighted by Crippen LogP contribution is -2.74. The number of nitrogens with zero attached hydrogens (tertiary/aromatic N) is 3. The van der Waals surface area contributed by atoms with Gasteiger partial charge in [0.05, 0.1) is 29.8 Å². The lowest BCUT2D eigenvalue weighted by Gasteiger charge is -2.52. The number of carbonyl (C=O) groups is 7. The average Bonchev–Trinajstić information content (AvgIpc) is 3.38. The van der Waals surface area contributed by atoms with Gasteiger partial charge < -0.3 is 44.5 Å². The van der Waals surface area contributed by atoms with Gasteiger partial charge >= 0.3 is 11.9 Å². The molecule has 5 N–H and O–H groups in total. The van der Waals surface area contributed by atoms with Gasteiger partial charge in [-0.3, -0.25) is 33.8 Å². The maximum atomic E-state index is 14.3. The molecular weight excluding hydrogens is 686 g/mol. The number of ketones is 4. The van der Waals surface area contributed by atoms with Gasteiger partial charge in [0.15, 0.2) is 52.8 Å². The van der Waals surface area contributed by atoms with Crippen molar-refractivity contribution in [2.75, 3.05) is 51.5 Å². The molecule has 1 aromatic heterocycles. The minimum atomic E-state index is -2.86. The number of ether oxygens (including phenoxy) is 1. The maximum Gasteiger partial charge on any atom is 0.519 e. The normalized spacial score (nSPS) is 25.9. The molecule has 1 aromatic carbocycles. The van der Waals surface area contributed by atoms with Crippen LogP contribution in [0, 0.1) is 30.6 Å². The summed E-state index contributed by atoms with van der Waals surface area (Å²) < 4.78 is 14.8. The molecule has 0 spiro atoms. The number of phenolic OH excluding ortho intramolecular Hbond substituents is 1. The van der Waals surface area contributed by atoms with Gasteiger partial charge in [-0.2, -0.15) is 0 Å². The molecule has 0 saturated heterocycles. The molecule has 2 aromatic rings. The summed E-state index contributed by atoms with van der Waals surface area (Å²) in [6, 6.07) is -0.322. The van der Waals surface area contributed by atoms with Crippen LogP contribution in [0.2, 0.25) is 0 Å². The molecule has 0 radical (unpaired) electrons. The number of hydrogen-bond acceptors (Lipinski definition) is 16. The number of amides is 2. The Bertz CT molecular complexity index is 1910. The van der Waals surface area contributed by atoms with Gasteiger partial charge in [-0.1, -0.05) is 0 Å². The summed E-state index contributed by atoms with van der Waals surface area (Å²) in [6.07, 6.45) is -0.470. The summed E-state index contributed by atoms with van der Waals surface area (Å²) in [5.74, 6) is -12.6. The average molecular weight is 728 g/mol. The van der Waals surface area contributed by atoms with Crippen molar-refractivity contribution < 1.29 is 57.3 Å². The Morgan fingerprint density at radius 1 is 1.13 bits per heavy atom. The quantitative estimate of drug-likeness (QED) is 0.128. The van der Waals surface area contributed by atoms with Crippen molar-refractivity contribution in [1.82, 2.24) is 9.80 Å². The molecule has 2 saturated carbocycles. The zero-order valence-corrected chi connectivity index (χ0v) is 29.5. The molecule has 0 bridgehead atoms. The van der Waals surface area contributed by atoms with E-state index in [4.69, 9.17) is 19.3 Å². The number of nitrogens with two attached hydrogens (primary N) is 1. The zero-order valence-electron chi connectivity index (χ0n) is 29.5. The number of aromatic hydroxyl groups is 1. The molecule has 5 rings (SSSR count). The van der Waals surface area contributed by atoms with Crippen LogP contribution in [0.25, 0.3) is 0 Å². The smallest absolute Gasteiger partial charge is 0.505 e. The van der Waals surface area contributed by atoms with Gasteiger partial charge in [0.2, 0.25) is 5.91 Å².